The first-order valence-corrected chi connectivity index (χ1v) is 15.9. The molecule has 0 unspecified atom stereocenters. The Morgan fingerprint density at radius 3 is 2.27 bits per heavy atom. The first-order valence-electron chi connectivity index (χ1n) is 15.1. The predicted molar refractivity (Wildman–Crippen MR) is 176 cm³/mol. The van der Waals surface area contributed by atoms with E-state index in [1.165, 1.54) is 37.0 Å². The highest BCUT2D eigenvalue weighted by Crippen LogP contribution is 2.27. The molecule has 8 heteroatoms. The molecule has 0 aliphatic rings. The summed E-state index contributed by atoms with van der Waals surface area (Å²) in [5.41, 5.74) is 4.63. The van der Waals surface area contributed by atoms with Gasteiger partial charge in [0.25, 0.3) is 5.91 Å². The molecule has 2 heterocycles. The van der Waals surface area contributed by atoms with Crippen molar-refractivity contribution in [1.29, 1.82) is 0 Å². The zero-order valence-corrected chi connectivity index (χ0v) is 25.9. The Morgan fingerprint density at radius 2 is 1.57 bits per heavy atom. The number of amides is 1. The zero-order chi connectivity index (χ0) is 30.9. The average Bonchev–Trinajstić information content (AvgIpc) is 3.47. The van der Waals surface area contributed by atoms with Crippen molar-refractivity contribution < 1.29 is 19.4 Å². The maximum absolute atomic E-state index is 12.9. The number of ether oxygens (including phenoxy) is 1. The molecule has 0 radical (unpaired) electrons. The maximum atomic E-state index is 12.9. The largest absolute Gasteiger partial charge is 0.494 e. The van der Waals surface area contributed by atoms with Gasteiger partial charge in [-0.05, 0) is 59.7 Å². The number of nitrogens with one attached hydrogen (secondary N) is 1. The van der Waals surface area contributed by atoms with Crippen molar-refractivity contribution >= 4 is 33.3 Å². The molecule has 2 N–H and O–H groups in total. The molecule has 0 saturated carbocycles. The highest BCUT2D eigenvalue weighted by atomic mass is 32.1. The second-order valence-corrected chi connectivity index (χ2v) is 12.1. The Morgan fingerprint density at radius 1 is 0.864 bits per heavy atom. The molecule has 2 aromatic heterocycles. The van der Waals surface area contributed by atoms with E-state index in [-0.39, 0.29) is 12.3 Å². The van der Waals surface area contributed by atoms with E-state index in [1.54, 1.807) is 18.5 Å². The van der Waals surface area contributed by atoms with Gasteiger partial charge >= 0.3 is 5.97 Å². The lowest BCUT2D eigenvalue weighted by Crippen LogP contribution is -2.42. The molecule has 0 bridgehead atoms. The van der Waals surface area contributed by atoms with Crippen molar-refractivity contribution in [2.24, 2.45) is 0 Å². The molecule has 0 fully saturated rings. The number of unbranched alkanes of at least 4 members (excludes halogenated alkanes) is 4. The molecule has 5 aromatic rings. The minimum Gasteiger partial charge on any atom is -0.494 e. The van der Waals surface area contributed by atoms with Crippen LogP contribution in [0.3, 0.4) is 0 Å². The summed E-state index contributed by atoms with van der Waals surface area (Å²) in [6, 6.07) is 22.1. The number of nitrogens with zero attached hydrogens (tertiary/aromatic N) is 2. The van der Waals surface area contributed by atoms with Crippen molar-refractivity contribution in [2.75, 3.05) is 6.61 Å². The van der Waals surface area contributed by atoms with Gasteiger partial charge < -0.3 is 15.2 Å². The SMILES string of the molecule is CCCCCCCOc1ccc(-c2cnc(-c3ccc(C[C@H](NC(=O)c4cc5ccc(C)cc5s4)C(=O)O)cc3)nc2)cc1. The molecule has 1 atom stereocenters. The smallest absolute Gasteiger partial charge is 0.326 e. The van der Waals surface area contributed by atoms with Crippen LogP contribution in [-0.4, -0.2) is 39.6 Å². The normalized spacial score (nSPS) is 11.8. The van der Waals surface area contributed by atoms with Gasteiger partial charge in [-0.15, -0.1) is 11.3 Å². The summed E-state index contributed by atoms with van der Waals surface area (Å²) < 4.78 is 6.87. The molecule has 3 aromatic carbocycles. The number of benzene rings is 3. The van der Waals surface area contributed by atoms with E-state index >= 15 is 0 Å². The van der Waals surface area contributed by atoms with Gasteiger partial charge in [0, 0.05) is 34.6 Å². The number of carboxylic acid groups (broad SMARTS) is 1. The molecule has 0 spiro atoms. The van der Waals surface area contributed by atoms with Crippen LogP contribution in [0, 0.1) is 6.92 Å². The average molecular weight is 608 g/mol. The number of carbonyl (C=O) groups is 2. The van der Waals surface area contributed by atoms with Crippen molar-refractivity contribution in [1.82, 2.24) is 15.3 Å². The van der Waals surface area contributed by atoms with Crippen LogP contribution < -0.4 is 10.1 Å². The minimum atomic E-state index is -1.08. The van der Waals surface area contributed by atoms with Gasteiger partial charge in [-0.2, -0.15) is 0 Å². The van der Waals surface area contributed by atoms with Crippen LogP contribution in [0.15, 0.2) is 85.2 Å². The molecule has 5 rings (SSSR count). The fourth-order valence-corrected chi connectivity index (χ4v) is 6.03. The number of carboxylic acids is 1. The first kappa shape index (κ1) is 30.9. The van der Waals surface area contributed by atoms with Crippen LogP contribution in [0.4, 0.5) is 0 Å². The zero-order valence-electron chi connectivity index (χ0n) is 25.1. The highest BCUT2D eigenvalue weighted by molar-refractivity contribution is 7.20. The number of aryl methyl sites for hydroxylation is 1. The lowest BCUT2D eigenvalue weighted by Gasteiger charge is -2.14. The van der Waals surface area contributed by atoms with Crippen molar-refractivity contribution in [3.05, 3.63) is 101 Å². The fraction of sp³-hybridized carbons (Fsp3) is 0.278. The topological polar surface area (TPSA) is 101 Å². The molecule has 0 aliphatic heterocycles. The van der Waals surface area contributed by atoms with Crippen LogP contribution in [0.25, 0.3) is 32.6 Å². The summed E-state index contributed by atoms with van der Waals surface area (Å²) in [5.74, 6) is -0.0326. The molecular weight excluding hydrogens is 570 g/mol. The third-order valence-electron chi connectivity index (χ3n) is 7.51. The molecule has 44 heavy (non-hydrogen) atoms. The maximum Gasteiger partial charge on any atom is 0.326 e. The third kappa shape index (κ3) is 8.08. The standard InChI is InChI=1S/C36H37N3O4S/c1-3-4-5-6-7-18-43-30-16-14-26(15-17-30)29-22-37-34(38-23-29)27-12-9-25(10-13-27)20-31(36(41)42)39-35(40)33-21-28-11-8-24(2)19-32(28)44-33/h8-17,19,21-23,31H,3-7,18,20H2,1-2H3,(H,39,40)(H,41,42)/t31-/m0/s1. The van der Waals surface area contributed by atoms with E-state index in [9.17, 15) is 14.7 Å². The number of aliphatic carboxylic acids is 1. The molecule has 7 nitrogen and oxygen atoms in total. The van der Waals surface area contributed by atoms with Crippen molar-refractivity contribution in [3.63, 3.8) is 0 Å². The Labute approximate surface area is 262 Å². The van der Waals surface area contributed by atoms with E-state index in [2.05, 4.69) is 22.2 Å². The Hall–Kier alpha value is -4.56. The second kappa shape index (κ2) is 14.8. The van der Waals surface area contributed by atoms with E-state index in [1.807, 2.05) is 73.7 Å². The van der Waals surface area contributed by atoms with Crippen LogP contribution in [-0.2, 0) is 11.2 Å². The molecule has 1 amide bonds. The van der Waals surface area contributed by atoms with Crippen molar-refractivity contribution in [3.8, 4) is 28.3 Å². The summed E-state index contributed by atoms with van der Waals surface area (Å²) in [6.45, 7) is 4.95. The van der Waals surface area contributed by atoms with Gasteiger partial charge in [0.05, 0.1) is 11.5 Å². The van der Waals surface area contributed by atoms with Gasteiger partial charge in [-0.25, -0.2) is 14.8 Å². The first-order chi connectivity index (χ1) is 21.4. The lowest BCUT2D eigenvalue weighted by molar-refractivity contribution is -0.139. The predicted octanol–water partition coefficient (Wildman–Crippen LogP) is 8.11. The van der Waals surface area contributed by atoms with E-state index in [0.717, 1.165) is 56.7 Å². The number of hydrogen-bond donors (Lipinski definition) is 2. The van der Waals surface area contributed by atoms with Crippen LogP contribution in [0.2, 0.25) is 0 Å². The highest BCUT2D eigenvalue weighted by Gasteiger charge is 2.22. The van der Waals surface area contributed by atoms with Crippen LogP contribution in [0.5, 0.6) is 5.75 Å². The van der Waals surface area contributed by atoms with Crippen LogP contribution in [0.1, 0.15) is 59.8 Å². The summed E-state index contributed by atoms with van der Waals surface area (Å²) in [4.78, 5) is 34.5. The molecule has 0 saturated heterocycles. The molecule has 0 aliphatic carbocycles. The van der Waals surface area contributed by atoms with Gasteiger partial charge in [-0.3, -0.25) is 4.79 Å². The van der Waals surface area contributed by atoms with Crippen LogP contribution >= 0.6 is 11.3 Å². The molecular formula is C36H37N3O4S. The third-order valence-corrected chi connectivity index (χ3v) is 8.61. The molecule has 226 valence electrons. The van der Waals surface area contributed by atoms with Gasteiger partial charge in [0.1, 0.15) is 11.8 Å². The minimum absolute atomic E-state index is 0.156. The van der Waals surface area contributed by atoms with Gasteiger partial charge in [-0.1, -0.05) is 81.1 Å². The van der Waals surface area contributed by atoms with Gasteiger partial charge in [0.15, 0.2) is 5.82 Å². The monoisotopic (exact) mass is 607 g/mol. The second-order valence-electron chi connectivity index (χ2n) is 11.0. The number of fused-ring (bicyclic) bond motifs is 1. The summed E-state index contributed by atoms with van der Waals surface area (Å²) in [7, 11) is 0. The van der Waals surface area contributed by atoms with Crippen molar-refractivity contribution in [2.45, 2.75) is 58.4 Å². The van der Waals surface area contributed by atoms with E-state index < -0.39 is 12.0 Å². The van der Waals surface area contributed by atoms with Gasteiger partial charge in [0.2, 0.25) is 0 Å². The Bertz CT molecular complexity index is 1700. The summed E-state index contributed by atoms with van der Waals surface area (Å²) in [6.07, 6.45) is 9.81. The number of thiophene rings is 1. The van der Waals surface area contributed by atoms with E-state index in [4.69, 9.17) is 4.74 Å². The Balaban J connectivity index is 1.16. The Kier molecular flexibility index (Phi) is 10.4. The number of rotatable bonds is 14. The number of carbonyl (C=O) groups excluding carboxylic acids is 1. The fourth-order valence-electron chi connectivity index (χ4n) is 4.97. The number of hydrogen-bond acceptors (Lipinski definition) is 6. The lowest BCUT2D eigenvalue weighted by atomic mass is 10.0. The quantitative estimate of drug-likeness (QED) is 0.124. The number of aromatic nitrogens is 2. The van der Waals surface area contributed by atoms with E-state index in [0.29, 0.717) is 10.7 Å². The summed E-state index contributed by atoms with van der Waals surface area (Å²) in [5, 5.41) is 13.5. The summed E-state index contributed by atoms with van der Waals surface area (Å²) >= 11 is 1.36.